The summed E-state index contributed by atoms with van der Waals surface area (Å²) in [6, 6.07) is 16.4. The molecule has 0 aliphatic rings. The van der Waals surface area contributed by atoms with Gasteiger partial charge in [-0.15, -0.1) is 0 Å². The molecule has 0 bridgehead atoms. The molecule has 0 atom stereocenters. The Labute approximate surface area is 138 Å². The summed E-state index contributed by atoms with van der Waals surface area (Å²) in [6.07, 6.45) is 0. The van der Waals surface area contributed by atoms with Crippen LogP contribution in [0.4, 0.5) is 0 Å². The van der Waals surface area contributed by atoms with Gasteiger partial charge >= 0.3 is 48.7 Å². The first-order valence-corrected chi connectivity index (χ1v) is 6.42. The van der Waals surface area contributed by atoms with E-state index in [-0.39, 0.29) is 52.3 Å². The number of hydrogen-bond acceptors (Lipinski definition) is 4. The minimum Gasteiger partial charge on any atom is -0.736 e. The Morgan fingerprint density at radius 3 is 1.44 bits per heavy atom. The molecule has 6 heteroatoms. The van der Waals surface area contributed by atoms with Crippen LogP contribution in [0.3, 0.4) is 0 Å². The molecule has 0 aliphatic heterocycles. The van der Waals surface area contributed by atoms with E-state index < -0.39 is 7.82 Å². The van der Waals surface area contributed by atoms with Crippen LogP contribution in [-0.4, -0.2) is 0 Å². The van der Waals surface area contributed by atoms with E-state index in [1.807, 2.05) is 0 Å². The third-order valence-electron chi connectivity index (χ3n) is 1.92. The predicted molar refractivity (Wildman–Crippen MR) is 61.7 cm³/mol. The molecule has 2 aromatic rings. The van der Waals surface area contributed by atoms with Crippen molar-refractivity contribution in [1.29, 1.82) is 0 Å². The van der Waals surface area contributed by atoms with Crippen LogP contribution in [0.2, 0.25) is 0 Å². The van der Waals surface area contributed by atoms with Gasteiger partial charge in [0.2, 0.25) is 0 Å². The molecule has 0 N–H and O–H groups in total. The molecule has 0 aliphatic carbocycles. The number of benzene rings is 2. The van der Waals surface area contributed by atoms with Crippen LogP contribution in [0.5, 0.6) is 11.5 Å². The summed E-state index contributed by atoms with van der Waals surface area (Å²) in [5.74, 6) is 0.448. The zero-order valence-electron chi connectivity index (χ0n) is 9.35. The minimum absolute atomic E-state index is 0. The van der Waals surface area contributed by atoms with Crippen LogP contribution in [0.1, 0.15) is 0 Å². The van der Waals surface area contributed by atoms with Crippen molar-refractivity contribution >= 4 is 7.82 Å². The van der Waals surface area contributed by atoms with Gasteiger partial charge in [-0.3, -0.25) is 0 Å². The normalized spacial score (nSPS) is 10.3. The van der Waals surface area contributed by atoms with E-state index >= 15 is 0 Å². The molecule has 2 aromatic carbocycles. The first kappa shape index (κ1) is 15.6. The molecule has 0 spiro atoms. The second-order valence-corrected chi connectivity index (χ2v) is 4.52. The van der Waals surface area contributed by atoms with Crippen LogP contribution in [0, 0.1) is 40.8 Å². The topological polar surface area (TPSA) is 58.6 Å². The molecule has 0 amide bonds. The van der Waals surface area contributed by atoms with E-state index in [1.54, 1.807) is 60.7 Å². The van der Waals surface area contributed by atoms with Crippen molar-refractivity contribution in [2.75, 3.05) is 0 Å². The Balaban J connectivity index is 0.00000162. The fourth-order valence-corrected chi connectivity index (χ4v) is 2.04. The maximum absolute atomic E-state index is 11.6. The Morgan fingerprint density at radius 2 is 1.11 bits per heavy atom. The van der Waals surface area contributed by atoms with Gasteiger partial charge in [0.25, 0.3) is 0 Å². The zero-order chi connectivity index (χ0) is 12.1. The number of rotatable bonds is 4. The van der Waals surface area contributed by atoms with Gasteiger partial charge in [-0.1, -0.05) is 36.4 Å². The molecule has 1 radical (unpaired) electrons. The summed E-state index contributed by atoms with van der Waals surface area (Å²) in [7, 11) is -4.39. The molecular weight excluding hydrogens is 383 g/mol. The van der Waals surface area contributed by atoms with Gasteiger partial charge in [-0.25, -0.2) is 4.57 Å². The predicted octanol–water partition coefficient (Wildman–Crippen LogP) is 2.61. The second-order valence-electron chi connectivity index (χ2n) is 3.26. The molecule has 91 valence electrons. The number of phosphoric ester groups is 1. The van der Waals surface area contributed by atoms with Gasteiger partial charge in [0, 0.05) is 0 Å². The van der Waals surface area contributed by atoms with Gasteiger partial charge in [-0.2, -0.15) is 0 Å². The van der Waals surface area contributed by atoms with Gasteiger partial charge in [0.05, 0.1) is 0 Å². The Bertz CT molecular complexity index is 473. The summed E-state index contributed by atoms with van der Waals surface area (Å²) >= 11 is 0. The van der Waals surface area contributed by atoms with Gasteiger partial charge in [0.15, 0.2) is 0 Å². The molecule has 0 unspecified atom stereocenters. The molecule has 0 saturated heterocycles. The maximum atomic E-state index is 11.6. The third kappa shape index (κ3) is 5.06. The SMILES string of the molecule is O=P([O-])(Oc1ccccc1)Oc1ccccc1.[Nd+]. The monoisotopic (exact) mass is 391 g/mol. The average Bonchev–Trinajstić information content (AvgIpc) is 2.30. The molecule has 2 rings (SSSR count). The number of phosphoric acid groups is 1. The standard InChI is InChI=1S/C12H11O4P.Nd/c13-17(14,15-11-7-3-1-4-8-11)16-12-9-5-2-6-10-12;/h1-10H,(H,13,14);/q;+1/p-1. The first-order valence-electron chi connectivity index (χ1n) is 4.96. The summed E-state index contributed by atoms with van der Waals surface area (Å²) in [5, 5.41) is 0. The Hall–Kier alpha value is -0.419. The molecule has 18 heavy (non-hydrogen) atoms. The second kappa shape index (κ2) is 7.24. The van der Waals surface area contributed by atoms with Gasteiger partial charge in [-0.05, 0) is 24.3 Å². The van der Waals surface area contributed by atoms with E-state index in [0.29, 0.717) is 0 Å². The fourth-order valence-electron chi connectivity index (χ4n) is 1.24. The summed E-state index contributed by atoms with van der Waals surface area (Å²) in [4.78, 5) is 11.6. The van der Waals surface area contributed by atoms with Crippen molar-refractivity contribution in [1.82, 2.24) is 0 Å². The molecule has 0 saturated carbocycles. The molecule has 0 fully saturated rings. The number of para-hydroxylation sites is 2. The van der Waals surface area contributed by atoms with Gasteiger partial charge in [0.1, 0.15) is 11.5 Å². The molecule has 0 heterocycles. The smallest absolute Gasteiger partial charge is 0.736 e. The van der Waals surface area contributed by atoms with Crippen molar-refractivity contribution < 1.29 is 59.3 Å². The fraction of sp³-hybridized carbons (Fsp3) is 0. The van der Waals surface area contributed by atoms with Crippen LogP contribution in [0.25, 0.3) is 0 Å². The van der Waals surface area contributed by atoms with Crippen molar-refractivity contribution in [2.45, 2.75) is 0 Å². The van der Waals surface area contributed by atoms with E-state index in [4.69, 9.17) is 9.05 Å². The summed E-state index contributed by atoms with van der Waals surface area (Å²) in [6.45, 7) is 0. The van der Waals surface area contributed by atoms with Crippen molar-refractivity contribution in [3.8, 4) is 11.5 Å². The van der Waals surface area contributed by atoms with Crippen LogP contribution in [-0.2, 0) is 4.57 Å². The van der Waals surface area contributed by atoms with Crippen molar-refractivity contribution in [3.05, 3.63) is 60.7 Å². The van der Waals surface area contributed by atoms with Crippen molar-refractivity contribution in [3.63, 3.8) is 0 Å². The van der Waals surface area contributed by atoms with E-state index in [1.165, 1.54) is 0 Å². The van der Waals surface area contributed by atoms with Crippen LogP contribution in [0.15, 0.2) is 60.7 Å². The average molecular weight is 393 g/mol. The van der Waals surface area contributed by atoms with Crippen molar-refractivity contribution in [2.24, 2.45) is 0 Å². The van der Waals surface area contributed by atoms with Gasteiger partial charge < -0.3 is 13.9 Å². The molecule has 0 aromatic heterocycles. The van der Waals surface area contributed by atoms with Crippen LogP contribution < -0.4 is 13.9 Å². The largest absolute Gasteiger partial charge is 1.00 e. The minimum atomic E-state index is -4.39. The summed E-state index contributed by atoms with van der Waals surface area (Å²) in [5.41, 5.74) is 0. The Morgan fingerprint density at radius 1 is 0.778 bits per heavy atom. The molecule has 4 nitrogen and oxygen atoms in total. The zero-order valence-corrected chi connectivity index (χ0v) is 13.5. The summed E-state index contributed by atoms with van der Waals surface area (Å²) < 4.78 is 21.1. The van der Waals surface area contributed by atoms with E-state index in [9.17, 15) is 9.46 Å². The van der Waals surface area contributed by atoms with Crippen LogP contribution >= 0.6 is 7.82 Å². The third-order valence-corrected chi connectivity index (χ3v) is 2.79. The first-order chi connectivity index (χ1) is 8.16. The number of hydrogen-bond donors (Lipinski definition) is 0. The van der Waals surface area contributed by atoms with E-state index in [0.717, 1.165) is 0 Å². The Kier molecular flexibility index (Phi) is 6.29. The maximum Gasteiger partial charge on any atom is 1.00 e. The van der Waals surface area contributed by atoms with E-state index in [2.05, 4.69) is 0 Å². The molecular formula is C12H10NdO4P. The quantitative estimate of drug-likeness (QED) is 0.750.